The summed E-state index contributed by atoms with van der Waals surface area (Å²) in [7, 11) is 6.48. The Balaban J connectivity index is 1.55. The smallest absolute Gasteiger partial charge is 0.290 e. The fraction of sp³-hybridized carbons (Fsp3) is 0.370. The van der Waals surface area contributed by atoms with Crippen LogP contribution in [0.2, 0.25) is 0 Å². The topological polar surface area (TPSA) is 70.2 Å². The number of carbonyl (C=O) groups excluding carboxylic acids is 3. The summed E-state index contributed by atoms with van der Waals surface area (Å²) in [5.41, 5.74) is 3.99. The minimum Gasteiger partial charge on any atom is -0.496 e. The number of benzene rings is 2. The normalized spacial score (nSPS) is 17.2. The van der Waals surface area contributed by atoms with Crippen molar-refractivity contribution in [2.45, 2.75) is 18.8 Å². The lowest BCUT2D eigenvalue weighted by molar-refractivity contribution is -0.143. The van der Waals surface area contributed by atoms with Crippen LogP contribution in [0.4, 0.5) is 10.1 Å². The van der Waals surface area contributed by atoms with Gasteiger partial charge in [-0.3, -0.25) is 14.4 Å². The molecule has 2 aromatic rings. The van der Waals surface area contributed by atoms with Gasteiger partial charge in [-0.05, 0) is 42.2 Å². The maximum Gasteiger partial charge on any atom is 0.290 e. The molecule has 0 N–H and O–H groups in total. The number of hydrogen-bond acceptors (Lipinski definition) is 5. The molecule has 2 aliphatic rings. The third kappa shape index (κ3) is 4.92. The lowest BCUT2D eigenvalue weighted by Gasteiger charge is -2.29. The number of ketones is 1. The van der Waals surface area contributed by atoms with Crippen LogP contribution in [0.5, 0.6) is 5.75 Å². The maximum absolute atomic E-state index is 13.5. The molecule has 35 heavy (non-hydrogen) atoms. The molecule has 1 fully saturated rings. The fourth-order valence-electron chi connectivity index (χ4n) is 4.70. The van der Waals surface area contributed by atoms with Gasteiger partial charge in [0.2, 0.25) is 5.78 Å². The van der Waals surface area contributed by atoms with E-state index in [0.29, 0.717) is 36.5 Å². The van der Waals surface area contributed by atoms with E-state index < -0.39 is 17.6 Å². The molecule has 2 aromatic carbocycles. The number of likely N-dealkylation sites (tertiary alicyclic amines) is 1. The summed E-state index contributed by atoms with van der Waals surface area (Å²) >= 11 is 0. The number of fused-ring (bicyclic) bond motifs is 1. The van der Waals surface area contributed by atoms with Crippen LogP contribution < -0.4 is 9.64 Å². The van der Waals surface area contributed by atoms with Crippen LogP contribution in [0, 0.1) is 5.82 Å². The number of ether oxygens (including phenoxy) is 1. The molecular formula is C27H30FN3O4. The molecule has 1 saturated heterocycles. The van der Waals surface area contributed by atoms with Gasteiger partial charge in [-0.25, -0.2) is 4.39 Å². The highest BCUT2D eigenvalue weighted by Crippen LogP contribution is 2.41. The molecular weight excluding hydrogens is 449 g/mol. The Kier molecular flexibility index (Phi) is 6.91. The standard InChI is InChI=1S/C27H30FN3O4/c1-29(2)27(34)25(32)22-16-30(3)23-15-24(35-4)21(14-20(22)23)26(33)31-11-9-18(10-12-31)13-17-5-7-19(28)8-6-17/h5-8,13-15,22H,9-12,16H2,1-4H3. The molecule has 0 spiro atoms. The van der Waals surface area contributed by atoms with Gasteiger partial charge >= 0.3 is 0 Å². The number of piperidine rings is 1. The van der Waals surface area contributed by atoms with E-state index in [1.807, 2.05) is 18.0 Å². The molecule has 0 radical (unpaired) electrons. The molecule has 184 valence electrons. The highest BCUT2D eigenvalue weighted by Gasteiger charge is 2.38. The van der Waals surface area contributed by atoms with Crippen LogP contribution in [0.25, 0.3) is 6.08 Å². The average Bonchev–Trinajstić information content (AvgIpc) is 3.19. The SMILES string of the molecule is COc1cc2c(cc1C(=O)N1CCC(=Cc3ccc(F)cc3)CC1)C(C(=O)C(=O)N(C)C)CN2C. The van der Waals surface area contributed by atoms with Crippen LogP contribution >= 0.6 is 0 Å². The van der Waals surface area contributed by atoms with E-state index in [9.17, 15) is 18.8 Å². The predicted molar refractivity (Wildman–Crippen MR) is 132 cm³/mol. The van der Waals surface area contributed by atoms with Gasteiger partial charge in [0.1, 0.15) is 11.6 Å². The number of likely N-dealkylation sites (N-methyl/N-ethyl adjacent to an activating group) is 2. The monoisotopic (exact) mass is 479 g/mol. The minimum atomic E-state index is -0.631. The Morgan fingerprint density at radius 2 is 1.74 bits per heavy atom. The third-order valence-corrected chi connectivity index (χ3v) is 6.69. The summed E-state index contributed by atoms with van der Waals surface area (Å²) in [4.78, 5) is 43.7. The molecule has 2 aliphatic heterocycles. The quantitative estimate of drug-likeness (QED) is 0.616. The van der Waals surface area contributed by atoms with Gasteiger partial charge in [0.25, 0.3) is 11.8 Å². The fourth-order valence-corrected chi connectivity index (χ4v) is 4.70. The first-order chi connectivity index (χ1) is 16.7. The largest absolute Gasteiger partial charge is 0.496 e. The number of nitrogens with zero attached hydrogens (tertiary/aromatic N) is 3. The number of anilines is 1. The second-order valence-electron chi connectivity index (χ2n) is 9.25. The molecule has 0 saturated carbocycles. The highest BCUT2D eigenvalue weighted by molar-refractivity contribution is 6.38. The van der Waals surface area contributed by atoms with Gasteiger partial charge in [0.05, 0.1) is 18.6 Å². The van der Waals surface area contributed by atoms with Crippen molar-refractivity contribution in [2.75, 3.05) is 52.8 Å². The zero-order valence-electron chi connectivity index (χ0n) is 20.5. The van der Waals surface area contributed by atoms with Crippen molar-refractivity contribution in [3.63, 3.8) is 0 Å². The Morgan fingerprint density at radius 1 is 1.09 bits per heavy atom. The Morgan fingerprint density at radius 3 is 2.34 bits per heavy atom. The van der Waals surface area contributed by atoms with E-state index in [4.69, 9.17) is 4.74 Å². The van der Waals surface area contributed by atoms with Gasteiger partial charge in [-0.1, -0.05) is 23.8 Å². The Labute approximate surface area is 204 Å². The van der Waals surface area contributed by atoms with E-state index in [1.165, 1.54) is 29.7 Å². The molecule has 1 atom stereocenters. The number of rotatable bonds is 5. The minimum absolute atomic E-state index is 0.162. The Hall–Kier alpha value is -3.68. The molecule has 8 heteroatoms. The van der Waals surface area contributed by atoms with Crippen LogP contribution in [0.15, 0.2) is 42.0 Å². The predicted octanol–water partition coefficient (Wildman–Crippen LogP) is 3.34. The lowest BCUT2D eigenvalue weighted by Crippen LogP contribution is -2.36. The van der Waals surface area contributed by atoms with Crippen molar-refractivity contribution in [1.82, 2.24) is 9.80 Å². The number of halogens is 1. The first-order valence-corrected chi connectivity index (χ1v) is 11.6. The Bertz CT molecular complexity index is 1180. The van der Waals surface area contributed by atoms with Gasteiger partial charge in [0.15, 0.2) is 0 Å². The van der Waals surface area contributed by atoms with Crippen molar-refractivity contribution in [1.29, 1.82) is 0 Å². The summed E-state index contributed by atoms with van der Waals surface area (Å²) in [6, 6.07) is 9.85. The summed E-state index contributed by atoms with van der Waals surface area (Å²) < 4.78 is 18.7. The van der Waals surface area contributed by atoms with Gasteiger partial charge in [-0.15, -0.1) is 0 Å². The number of methoxy groups -OCH3 is 1. The first-order valence-electron chi connectivity index (χ1n) is 11.6. The van der Waals surface area contributed by atoms with E-state index in [2.05, 4.69) is 0 Å². The maximum atomic E-state index is 13.5. The van der Waals surface area contributed by atoms with Crippen molar-refractivity contribution in [3.8, 4) is 5.75 Å². The molecule has 1 unspecified atom stereocenters. The zero-order chi connectivity index (χ0) is 25.3. The molecule has 0 aliphatic carbocycles. The number of carbonyl (C=O) groups is 3. The van der Waals surface area contributed by atoms with Crippen LogP contribution in [0.1, 0.15) is 40.2 Å². The molecule has 2 amide bonds. The summed E-state index contributed by atoms with van der Waals surface area (Å²) in [5.74, 6) is -1.66. The van der Waals surface area contributed by atoms with E-state index in [-0.39, 0.29) is 11.7 Å². The van der Waals surface area contributed by atoms with Crippen LogP contribution in [-0.2, 0) is 9.59 Å². The number of hydrogen-bond donors (Lipinski definition) is 0. The summed E-state index contributed by atoms with van der Waals surface area (Å²) in [6.07, 6.45) is 3.49. The van der Waals surface area contributed by atoms with E-state index in [0.717, 1.165) is 24.1 Å². The molecule has 0 bridgehead atoms. The lowest BCUT2D eigenvalue weighted by atomic mass is 9.93. The van der Waals surface area contributed by atoms with Gasteiger partial charge < -0.3 is 19.4 Å². The van der Waals surface area contributed by atoms with Crippen molar-refractivity contribution in [2.24, 2.45) is 0 Å². The zero-order valence-corrected chi connectivity index (χ0v) is 20.5. The number of Topliss-reactive ketones (excluding diaryl/α,β-unsaturated/α-hetero) is 1. The molecule has 2 heterocycles. The van der Waals surface area contributed by atoms with Crippen molar-refractivity contribution < 1.29 is 23.5 Å². The number of amides is 2. The third-order valence-electron chi connectivity index (χ3n) is 6.69. The van der Waals surface area contributed by atoms with E-state index >= 15 is 0 Å². The second-order valence-corrected chi connectivity index (χ2v) is 9.25. The second kappa shape index (κ2) is 9.90. The highest BCUT2D eigenvalue weighted by atomic mass is 19.1. The van der Waals surface area contributed by atoms with Gasteiger partial charge in [0, 0.05) is 52.5 Å². The molecule has 7 nitrogen and oxygen atoms in total. The molecule has 0 aromatic heterocycles. The first kappa shape index (κ1) is 24.4. The van der Waals surface area contributed by atoms with Crippen molar-refractivity contribution >= 4 is 29.4 Å². The van der Waals surface area contributed by atoms with Gasteiger partial charge in [-0.2, -0.15) is 0 Å². The van der Waals surface area contributed by atoms with E-state index in [1.54, 1.807) is 43.3 Å². The van der Waals surface area contributed by atoms with Crippen molar-refractivity contribution in [3.05, 3.63) is 64.5 Å². The van der Waals surface area contributed by atoms with Crippen LogP contribution in [-0.4, -0.2) is 75.3 Å². The summed E-state index contributed by atoms with van der Waals surface area (Å²) in [5, 5.41) is 0. The van der Waals surface area contributed by atoms with Crippen LogP contribution in [0.3, 0.4) is 0 Å². The summed E-state index contributed by atoms with van der Waals surface area (Å²) in [6.45, 7) is 1.47. The molecule has 4 rings (SSSR count). The average molecular weight is 480 g/mol.